The van der Waals surface area contributed by atoms with Crippen molar-refractivity contribution in [2.75, 3.05) is 0 Å². The Hall–Kier alpha value is -1.28. The number of hydrogen-bond acceptors (Lipinski definition) is 1. The van der Waals surface area contributed by atoms with E-state index in [4.69, 9.17) is 16.7 Å². The predicted octanol–water partition coefficient (Wildman–Crippen LogP) is 5.55. The summed E-state index contributed by atoms with van der Waals surface area (Å²) in [5.41, 5.74) is 2.39. The first-order chi connectivity index (χ1) is 10.2. The maximum atomic E-state index is 6.45. The molecular weight excluding hydrogens is 280 g/mol. The minimum absolute atomic E-state index is 0.104. The Bertz CT molecular complexity index is 517. The van der Waals surface area contributed by atoms with Crippen LogP contribution in [0.3, 0.4) is 0 Å². The first kappa shape index (κ1) is 16.1. The molecule has 1 unspecified atom stereocenters. The molecule has 1 aromatic carbocycles. The number of hydrogen-bond donors (Lipinski definition) is 0. The number of aromatic nitrogens is 2. The number of aryl methyl sites for hydroxylation is 1. The summed E-state index contributed by atoms with van der Waals surface area (Å²) in [5, 5.41) is 4.80. The summed E-state index contributed by atoms with van der Waals surface area (Å²) < 4.78 is 2.12. The summed E-state index contributed by atoms with van der Waals surface area (Å²) in [6.07, 6.45) is 7.45. The third kappa shape index (κ3) is 4.60. The van der Waals surface area contributed by atoms with Gasteiger partial charge in [0.1, 0.15) is 0 Å². The highest BCUT2D eigenvalue weighted by molar-refractivity contribution is 6.20. The second-order valence-electron chi connectivity index (χ2n) is 5.53. The molecule has 0 fully saturated rings. The molecule has 2 rings (SSSR count). The van der Waals surface area contributed by atoms with Crippen molar-refractivity contribution >= 4 is 11.6 Å². The first-order valence-electron chi connectivity index (χ1n) is 7.97. The van der Waals surface area contributed by atoms with E-state index in [1.807, 2.05) is 18.2 Å². The Balaban J connectivity index is 1.81. The van der Waals surface area contributed by atoms with Crippen molar-refractivity contribution in [3.8, 4) is 0 Å². The average Bonchev–Trinajstić information content (AvgIpc) is 2.98. The Morgan fingerprint density at radius 1 is 1.10 bits per heavy atom. The minimum atomic E-state index is 0.104. The van der Waals surface area contributed by atoms with E-state index in [9.17, 15) is 0 Å². The summed E-state index contributed by atoms with van der Waals surface area (Å²) in [6, 6.07) is 13.0. The minimum Gasteiger partial charge on any atom is -0.269 e. The van der Waals surface area contributed by atoms with Gasteiger partial charge in [-0.05, 0) is 43.7 Å². The van der Waals surface area contributed by atoms with Crippen molar-refractivity contribution in [1.82, 2.24) is 9.78 Å². The van der Waals surface area contributed by atoms with Crippen molar-refractivity contribution in [2.24, 2.45) is 0 Å². The lowest BCUT2D eigenvalue weighted by atomic mass is 10.1. The molecule has 1 atom stereocenters. The van der Waals surface area contributed by atoms with Crippen molar-refractivity contribution in [3.05, 3.63) is 53.9 Å². The van der Waals surface area contributed by atoms with Gasteiger partial charge < -0.3 is 0 Å². The number of alkyl halides is 1. The van der Waals surface area contributed by atoms with Crippen LogP contribution in [0.15, 0.2) is 42.6 Å². The van der Waals surface area contributed by atoms with Crippen molar-refractivity contribution in [1.29, 1.82) is 0 Å². The van der Waals surface area contributed by atoms with Gasteiger partial charge in [0.2, 0.25) is 0 Å². The lowest BCUT2D eigenvalue weighted by Crippen LogP contribution is -2.07. The summed E-state index contributed by atoms with van der Waals surface area (Å²) in [7, 11) is 0. The van der Waals surface area contributed by atoms with E-state index in [1.54, 1.807) is 0 Å². The molecule has 0 N–H and O–H groups in total. The molecule has 21 heavy (non-hydrogen) atoms. The Morgan fingerprint density at radius 3 is 2.48 bits per heavy atom. The van der Waals surface area contributed by atoms with Crippen LogP contribution >= 0.6 is 11.6 Å². The lowest BCUT2D eigenvalue weighted by molar-refractivity contribution is 0.425. The quantitative estimate of drug-likeness (QED) is 0.585. The molecule has 0 saturated carbocycles. The van der Waals surface area contributed by atoms with Crippen LogP contribution in [0.25, 0.3) is 0 Å². The van der Waals surface area contributed by atoms with Crippen molar-refractivity contribution in [3.63, 3.8) is 0 Å². The highest BCUT2D eigenvalue weighted by atomic mass is 35.5. The van der Waals surface area contributed by atoms with E-state index in [-0.39, 0.29) is 5.38 Å². The molecule has 3 heteroatoms. The molecule has 2 nitrogen and oxygen atoms in total. The first-order valence-corrected chi connectivity index (χ1v) is 8.41. The standard InChI is InChI=1S/C18H25ClN2/c1-3-17(4-2)21-14-13-16(20-21)11-8-12-18(19)15-9-6-5-7-10-15/h5-7,9-10,13-14,17-18H,3-4,8,11-12H2,1-2H3. The van der Waals surface area contributed by atoms with Gasteiger partial charge in [-0.2, -0.15) is 5.10 Å². The van der Waals surface area contributed by atoms with Gasteiger partial charge in [0.25, 0.3) is 0 Å². The zero-order valence-electron chi connectivity index (χ0n) is 13.0. The van der Waals surface area contributed by atoms with E-state index < -0.39 is 0 Å². The second kappa shape index (κ2) is 8.23. The largest absolute Gasteiger partial charge is 0.269 e. The molecule has 114 valence electrons. The molecule has 0 saturated heterocycles. The molecule has 1 aromatic heterocycles. The fourth-order valence-electron chi connectivity index (χ4n) is 2.67. The summed E-state index contributed by atoms with van der Waals surface area (Å²) in [4.78, 5) is 0. The fourth-order valence-corrected chi connectivity index (χ4v) is 2.97. The van der Waals surface area contributed by atoms with Crippen LogP contribution in [0.5, 0.6) is 0 Å². The van der Waals surface area contributed by atoms with Gasteiger partial charge in [0.15, 0.2) is 0 Å². The summed E-state index contributed by atoms with van der Waals surface area (Å²) >= 11 is 6.45. The maximum Gasteiger partial charge on any atom is 0.0624 e. The Morgan fingerprint density at radius 2 is 1.81 bits per heavy atom. The average molecular weight is 305 g/mol. The van der Waals surface area contributed by atoms with E-state index >= 15 is 0 Å². The Labute approximate surface area is 133 Å². The monoisotopic (exact) mass is 304 g/mol. The van der Waals surface area contributed by atoms with Gasteiger partial charge in [-0.1, -0.05) is 44.2 Å². The molecular formula is C18H25ClN2. The SMILES string of the molecule is CCC(CC)n1ccc(CCCC(Cl)c2ccccc2)n1. The van der Waals surface area contributed by atoms with Gasteiger partial charge in [0.05, 0.1) is 17.1 Å². The van der Waals surface area contributed by atoms with Gasteiger partial charge in [-0.15, -0.1) is 11.6 Å². The number of rotatable bonds is 8. The summed E-state index contributed by atoms with van der Waals surface area (Å²) in [6.45, 7) is 4.43. The van der Waals surface area contributed by atoms with E-state index in [0.29, 0.717) is 6.04 Å². The van der Waals surface area contributed by atoms with Crippen molar-refractivity contribution < 1.29 is 0 Å². The van der Waals surface area contributed by atoms with E-state index in [0.717, 1.165) is 32.1 Å². The molecule has 0 aliphatic heterocycles. The smallest absolute Gasteiger partial charge is 0.0624 e. The van der Waals surface area contributed by atoms with Gasteiger partial charge in [-0.3, -0.25) is 4.68 Å². The van der Waals surface area contributed by atoms with Crippen LogP contribution in [-0.4, -0.2) is 9.78 Å². The molecule has 2 aromatic rings. The Kier molecular flexibility index (Phi) is 6.31. The van der Waals surface area contributed by atoms with Gasteiger partial charge in [-0.25, -0.2) is 0 Å². The molecule has 0 amide bonds. The van der Waals surface area contributed by atoms with E-state index in [1.165, 1.54) is 11.3 Å². The number of halogens is 1. The maximum absolute atomic E-state index is 6.45. The molecule has 0 aliphatic carbocycles. The molecule has 0 radical (unpaired) electrons. The van der Waals surface area contributed by atoms with Crippen LogP contribution in [0, 0.1) is 0 Å². The van der Waals surface area contributed by atoms with Crippen molar-refractivity contribution in [2.45, 2.75) is 57.4 Å². The zero-order valence-corrected chi connectivity index (χ0v) is 13.8. The highest BCUT2D eigenvalue weighted by Gasteiger charge is 2.10. The molecule has 1 heterocycles. The normalized spacial score (nSPS) is 12.8. The van der Waals surface area contributed by atoms with Gasteiger partial charge in [0, 0.05) is 6.20 Å². The van der Waals surface area contributed by atoms with Crippen LogP contribution < -0.4 is 0 Å². The van der Waals surface area contributed by atoms with Crippen LogP contribution in [0.2, 0.25) is 0 Å². The number of nitrogens with zero attached hydrogens (tertiary/aromatic N) is 2. The third-order valence-electron chi connectivity index (χ3n) is 4.03. The zero-order chi connectivity index (χ0) is 15.1. The molecule has 0 spiro atoms. The molecule has 0 aliphatic rings. The number of benzene rings is 1. The summed E-state index contributed by atoms with van der Waals surface area (Å²) in [5.74, 6) is 0. The highest BCUT2D eigenvalue weighted by Crippen LogP contribution is 2.26. The van der Waals surface area contributed by atoms with E-state index in [2.05, 4.69) is 42.9 Å². The van der Waals surface area contributed by atoms with Crippen LogP contribution in [0.4, 0.5) is 0 Å². The predicted molar refractivity (Wildman–Crippen MR) is 89.8 cm³/mol. The lowest BCUT2D eigenvalue weighted by Gasteiger charge is -2.12. The molecule has 0 bridgehead atoms. The second-order valence-corrected chi connectivity index (χ2v) is 6.05. The fraction of sp³-hybridized carbons (Fsp3) is 0.500. The third-order valence-corrected chi connectivity index (χ3v) is 4.50. The van der Waals surface area contributed by atoms with Crippen LogP contribution in [-0.2, 0) is 6.42 Å². The van der Waals surface area contributed by atoms with Crippen LogP contribution in [0.1, 0.15) is 62.2 Å². The van der Waals surface area contributed by atoms with Gasteiger partial charge >= 0.3 is 0 Å². The topological polar surface area (TPSA) is 17.8 Å².